The smallest absolute Gasteiger partial charge is 0.366 e. The van der Waals surface area contributed by atoms with E-state index in [-0.39, 0.29) is 5.56 Å². The van der Waals surface area contributed by atoms with E-state index in [1.807, 2.05) is 37.3 Å². The van der Waals surface area contributed by atoms with E-state index in [9.17, 15) is 18.0 Å². The number of hydrogen-bond donors (Lipinski definition) is 2. The topological polar surface area (TPSA) is 83.0 Å². The number of amides is 1. The highest BCUT2D eigenvalue weighted by molar-refractivity contribution is 6.04. The number of pyridine rings is 1. The Balaban J connectivity index is 1.31. The predicted molar refractivity (Wildman–Crippen MR) is 135 cm³/mol. The minimum Gasteiger partial charge on any atom is -0.366 e. The number of hydrogen-bond acceptors (Lipinski definition) is 6. The van der Waals surface area contributed by atoms with Gasteiger partial charge < -0.3 is 15.5 Å². The highest BCUT2D eigenvalue weighted by Crippen LogP contribution is 2.31. The van der Waals surface area contributed by atoms with Gasteiger partial charge >= 0.3 is 6.18 Å². The van der Waals surface area contributed by atoms with E-state index in [0.717, 1.165) is 34.6 Å². The normalized spacial score (nSPS) is 13.1. The maximum Gasteiger partial charge on any atom is 0.416 e. The molecule has 1 aliphatic heterocycles. The molecule has 2 aromatic heterocycles. The maximum absolute atomic E-state index is 13.0. The van der Waals surface area contributed by atoms with E-state index in [4.69, 9.17) is 0 Å². The van der Waals surface area contributed by atoms with Crippen molar-refractivity contribution in [3.05, 3.63) is 101 Å². The van der Waals surface area contributed by atoms with Gasteiger partial charge in [0.1, 0.15) is 5.82 Å². The van der Waals surface area contributed by atoms with Crippen molar-refractivity contribution in [3.63, 3.8) is 0 Å². The fraction of sp³-hybridized carbons (Fsp3) is 0.185. The zero-order valence-electron chi connectivity index (χ0n) is 19.9. The number of nitrogens with one attached hydrogen (secondary N) is 2. The van der Waals surface area contributed by atoms with Crippen LogP contribution in [0.2, 0.25) is 0 Å². The summed E-state index contributed by atoms with van der Waals surface area (Å²) in [4.78, 5) is 28.2. The third kappa shape index (κ3) is 5.53. The van der Waals surface area contributed by atoms with Gasteiger partial charge in [0.15, 0.2) is 0 Å². The van der Waals surface area contributed by atoms with Crippen LogP contribution in [0, 0.1) is 6.92 Å². The Hall–Kier alpha value is -4.47. The van der Waals surface area contributed by atoms with Crippen molar-refractivity contribution in [2.24, 2.45) is 0 Å². The van der Waals surface area contributed by atoms with Crippen LogP contribution in [-0.4, -0.2) is 27.4 Å². The molecule has 3 heterocycles. The van der Waals surface area contributed by atoms with Gasteiger partial charge in [-0.15, -0.1) is 0 Å². The molecule has 0 atom stereocenters. The molecule has 5 rings (SSSR count). The lowest BCUT2D eigenvalue weighted by Gasteiger charge is -2.31. The number of rotatable bonds is 5. The number of aromatic nitrogens is 3. The maximum atomic E-state index is 13.0. The van der Waals surface area contributed by atoms with Gasteiger partial charge in [-0.2, -0.15) is 13.2 Å². The lowest BCUT2D eigenvalue weighted by molar-refractivity contribution is -0.137. The Morgan fingerprint density at radius 2 is 1.89 bits per heavy atom. The summed E-state index contributed by atoms with van der Waals surface area (Å²) in [7, 11) is 0. The Morgan fingerprint density at radius 3 is 2.68 bits per heavy atom. The van der Waals surface area contributed by atoms with Crippen molar-refractivity contribution in [3.8, 4) is 0 Å². The molecule has 0 unspecified atom stereocenters. The number of benzene rings is 2. The third-order valence-electron chi connectivity index (χ3n) is 6.10. The second-order valence-corrected chi connectivity index (χ2v) is 8.71. The summed E-state index contributed by atoms with van der Waals surface area (Å²) in [6.45, 7) is 3.27. The molecular formula is C27H23F3N6O. The van der Waals surface area contributed by atoms with Gasteiger partial charge in [0.05, 0.1) is 11.3 Å². The molecule has 0 saturated carbocycles. The van der Waals surface area contributed by atoms with E-state index in [1.165, 1.54) is 12.1 Å². The Labute approximate surface area is 211 Å². The number of carbonyl (C=O) groups is 1. The molecule has 10 heteroatoms. The SMILES string of the molecule is Cc1ccc(NC(=O)c2cccc(C(F)(F)F)c2)cc1N1CCc2nc(Nc3ccccn3)ncc2C1. The fourth-order valence-corrected chi connectivity index (χ4v) is 4.20. The molecule has 0 fully saturated rings. The molecule has 0 aliphatic carbocycles. The van der Waals surface area contributed by atoms with Crippen molar-refractivity contribution in [1.82, 2.24) is 15.0 Å². The zero-order chi connectivity index (χ0) is 26.0. The molecule has 7 nitrogen and oxygen atoms in total. The highest BCUT2D eigenvalue weighted by atomic mass is 19.4. The molecule has 1 amide bonds. The zero-order valence-corrected chi connectivity index (χ0v) is 19.9. The van der Waals surface area contributed by atoms with E-state index in [0.29, 0.717) is 37.0 Å². The Bertz CT molecular complexity index is 1440. The van der Waals surface area contributed by atoms with Crippen molar-refractivity contribution < 1.29 is 18.0 Å². The second-order valence-electron chi connectivity index (χ2n) is 8.71. The van der Waals surface area contributed by atoms with E-state index in [2.05, 4.69) is 30.5 Å². The van der Waals surface area contributed by atoms with E-state index < -0.39 is 17.6 Å². The van der Waals surface area contributed by atoms with Gasteiger partial charge in [0, 0.05) is 54.4 Å². The van der Waals surface area contributed by atoms with Crippen LogP contribution in [0.25, 0.3) is 0 Å². The summed E-state index contributed by atoms with van der Waals surface area (Å²) in [5.41, 5.74) is 3.46. The van der Waals surface area contributed by atoms with E-state index >= 15 is 0 Å². The number of aryl methyl sites for hydroxylation is 1. The van der Waals surface area contributed by atoms with Crippen molar-refractivity contribution >= 4 is 29.0 Å². The largest absolute Gasteiger partial charge is 0.416 e. The van der Waals surface area contributed by atoms with Crippen LogP contribution >= 0.6 is 0 Å². The number of anilines is 4. The minimum absolute atomic E-state index is 0.0592. The minimum atomic E-state index is -4.52. The first-order valence-corrected chi connectivity index (χ1v) is 11.6. The standard InChI is InChI=1S/C27H23F3N6O/c1-17-8-9-21(33-25(37)18-5-4-6-20(13-18)27(28,29)30)14-23(17)36-12-10-22-19(16-36)15-32-26(34-22)35-24-7-2-3-11-31-24/h2-9,11,13-15H,10,12,16H2,1H3,(H,33,37)(H,31,32,34,35). The Kier molecular flexibility index (Phi) is 6.47. The van der Waals surface area contributed by atoms with Crippen LogP contribution in [-0.2, 0) is 19.1 Å². The summed E-state index contributed by atoms with van der Waals surface area (Å²) < 4.78 is 39.1. The molecule has 2 N–H and O–H groups in total. The molecule has 1 aliphatic rings. The molecule has 4 aromatic rings. The number of nitrogens with zero attached hydrogens (tertiary/aromatic N) is 4. The number of halogens is 3. The monoisotopic (exact) mass is 504 g/mol. The quantitative estimate of drug-likeness (QED) is 0.360. The number of alkyl halides is 3. The summed E-state index contributed by atoms with van der Waals surface area (Å²) in [6.07, 6.45) is -0.322. The van der Waals surface area contributed by atoms with E-state index in [1.54, 1.807) is 18.5 Å². The van der Waals surface area contributed by atoms with Crippen molar-refractivity contribution in [2.75, 3.05) is 22.1 Å². The summed E-state index contributed by atoms with van der Waals surface area (Å²) >= 11 is 0. The van der Waals surface area contributed by atoms with Crippen molar-refractivity contribution in [2.45, 2.75) is 26.1 Å². The molecule has 0 saturated heterocycles. The molecule has 0 spiro atoms. The predicted octanol–water partition coefficient (Wildman–Crippen LogP) is 5.76. The third-order valence-corrected chi connectivity index (χ3v) is 6.10. The summed E-state index contributed by atoms with van der Waals surface area (Å²) in [5.74, 6) is 0.548. The van der Waals surface area contributed by atoms with Gasteiger partial charge in [-0.05, 0) is 55.0 Å². The van der Waals surface area contributed by atoms with Crippen LogP contribution in [0.3, 0.4) is 0 Å². The van der Waals surface area contributed by atoms with Gasteiger partial charge in [-0.3, -0.25) is 4.79 Å². The Morgan fingerprint density at radius 1 is 1.03 bits per heavy atom. The molecular weight excluding hydrogens is 481 g/mol. The summed E-state index contributed by atoms with van der Waals surface area (Å²) in [5, 5.41) is 5.83. The second kappa shape index (κ2) is 9.88. The summed E-state index contributed by atoms with van der Waals surface area (Å²) in [6, 6.07) is 15.4. The van der Waals surface area contributed by atoms with Crippen LogP contribution < -0.4 is 15.5 Å². The molecule has 0 radical (unpaired) electrons. The number of carbonyl (C=O) groups excluding carboxylic acids is 1. The van der Waals surface area contributed by atoms with Crippen molar-refractivity contribution in [1.29, 1.82) is 0 Å². The van der Waals surface area contributed by atoms with Crippen LogP contribution in [0.1, 0.15) is 32.7 Å². The average Bonchev–Trinajstić information content (AvgIpc) is 2.89. The average molecular weight is 505 g/mol. The molecule has 2 aromatic carbocycles. The number of fused-ring (bicyclic) bond motifs is 1. The molecule has 188 valence electrons. The van der Waals surface area contributed by atoms with Crippen LogP contribution in [0.15, 0.2) is 73.1 Å². The molecule has 37 heavy (non-hydrogen) atoms. The van der Waals surface area contributed by atoms with Crippen LogP contribution in [0.5, 0.6) is 0 Å². The molecule has 0 bridgehead atoms. The lowest BCUT2D eigenvalue weighted by Crippen LogP contribution is -2.32. The van der Waals surface area contributed by atoms with Gasteiger partial charge in [0.2, 0.25) is 5.95 Å². The lowest BCUT2D eigenvalue weighted by atomic mass is 10.0. The first kappa shape index (κ1) is 24.2. The van der Waals surface area contributed by atoms with Gasteiger partial charge in [0.25, 0.3) is 5.91 Å². The van der Waals surface area contributed by atoms with Crippen LogP contribution in [0.4, 0.5) is 36.3 Å². The van der Waals surface area contributed by atoms with Gasteiger partial charge in [-0.1, -0.05) is 18.2 Å². The first-order valence-electron chi connectivity index (χ1n) is 11.6. The highest BCUT2D eigenvalue weighted by Gasteiger charge is 2.31. The fourth-order valence-electron chi connectivity index (χ4n) is 4.20. The first-order chi connectivity index (χ1) is 17.8. The van der Waals surface area contributed by atoms with Gasteiger partial charge in [-0.25, -0.2) is 15.0 Å².